The quantitative estimate of drug-likeness (QED) is 0.804. The van der Waals surface area contributed by atoms with E-state index in [1.165, 1.54) is 18.5 Å². The van der Waals surface area contributed by atoms with Gasteiger partial charge in [0.05, 0.1) is 0 Å². The lowest BCUT2D eigenvalue weighted by Gasteiger charge is -2.22. The fourth-order valence-electron chi connectivity index (χ4n) is 1.60. The van der Waals surface area contributed by atoms with Crippen molar-refractivity contribution in [2.75, 3.05) is 18.5 Å². The molecule has 1 rings (SSSR count). The average molecular weight is 207 g/mol. The van der Waals surface area contributed by atoms with Crippen molar-refractivity contribution in [1.29, 1.82) is 0 Å². The Labute approximate surface area is 92.3 Å². The Morgan fingerprint density at radius 3 is 2.80 bits per heavy atom. The molecule has 1 aromatic rings. The summed E-state index contributed by atoms with van der Waals surface area (Å²) in [5.74, 6) is 0. The van der Waals surface area contributed by atoms with Gasteiger partial charge in [0.25, 0.3) is 0 Å². The molecule has 0 aliphatic heterocycles. The minimum atomic E-state index is 0.555. The third-order valence-corrected chi connectivity index (χ3v) is 2.58. The second kappa shape index (κ2) is 5.71. The van der Waals surface area contributed by atoms with Crippen LogP contribution in [-0.2, 0) is 6.54 Å². The molecule has 3 nitrogen and oxygen atoms in total. The van der Waals surface area contributed by atoms with Crippen LogP contribution >= 0.6 is 0 Å². The standard InChI is InChI=1S/C12H21N3/c1-4-5-6-15(3)12-7-10(2)14-9-11(12)8-13/h7,9H,4-6,8,13H2,1-3H3. The molecule has 0 aliphatic rings. The highest BCUT2D eigenvalue weighted by Crippen LogP contribution is 2.19. The number of aryl methyl sites for hydroxylation is 1. The van der Waals surface area contributed by atoms with E-state index in [9.17, 15) is 0 Å². The van der Waals surface area contributed by atoms with Crippen molar-refractivity contribution in [3.8, 4) is 0 Å². The van der Waals surface area contributed by atoms with E-state index >= 15 is 0 Å². The molecule has 84 valence electrons. The Hall–Kier alpha value is -1.09. The Kier molecular flexibility index (Phi) is 4.56. The number of hydrogen-bond acceptors (Lipinski definition) is 3. The van der Waals surface area contributed by atoms with Crippen LogP contribution in [-0.4, -0.2) is 18.6 Å². The zero-order chi connectivity index (χ0) is 11.3. The van der Waals surface area contributed by atoms with Gasteiger partial charge in [-0.15, -0.1) is 0 Å². The highest BCUT2D eigenvalue weighted by Gasteiger charge is 2.06. The fourth-order valence-corrected chi connectivity index (χ4v) is 1.60. The molecule has 2 N–H and O–H groups in total. The number of nitrogens with two attached hydrogens (primary N) is 1. The van der Waals surface area contributed by atoms with Crippen LogP contribution in [0, 0.1) is 6.92 Å². The summed E-state index contributed by atoms with van der Waals surface area (Å²) >= 11 is 0. The number of nitrogens with zero attached hydrogens (tertiary/aromatic N) is 2. The van der Waals surface area contributed by atoms with Gasteiger partial charge in [-0.25, -0.2) is 0 Å². The van der Waals surface area contributed by atoms with Gasteiger partial charge >= 0.3 is 0 Å². The smallest absolute Gasteiger partial charge is 0.0442 e. The highest BCUT2D eigenvalue weighted by atomic mass is 15.1. The van der Waals surface area contributed by atoms with Gasteiger partial charge in [0.1, 0.15) is 0 Å². The maximum atomic E-state index is 5.70. The molecular formula is C12H21N3. The second-order valence-corrected chi connectivity index (χ2v) is 3.93. The Balaban J connectivity index is 2.85. The summed E-state index contributed by atoms with van der Waals surface area (Å²) in [6, 6.07) is 2.11. The van der Waals surface area contributed by atoms with E-state index in [4.69, 9.17) is 5.73 Å². The first-order chi connectivity index (χ1) is 7.19. The molecule has 0 radical (unpaired) electrons. The molecule has 0 bridgehead atoms. The first kappa shape index (κ1) is 12.0. The third-order valence-electron chi connectivity index (χ3n) is 2.58. The first-order valence-corrected chi connectivity index (χ1v) is 5.55. The lowest BCUT2D eigenvalue weighted by Crippen LogP contribution is -2.21. The SMILES string of the molecule is CCCCN(C)c1cc(C)ncc1CN. The van der Waals surface area contributed by atoms with Crippen molar-refractivity contribution in [2.45, 2.75) is 33.2 Å². The van der Waals surface area contributed by atoms with E-state index in [-0.39, 0.29) is 0 Å². The first-order valence-electron chi connectivity index (χ1n) is 5.55. The van der Waals surface area contributed by atoms with Gasteiger partial charge in [-0.1, -0.05) is 13.3 Å². The molecule has 1 aromatic heterocycles. The highest BCUT2D eigenvalue weighted by molar-refractivity contribution is 5.52. The van der Waals surface area contributed by atoms with Crippen LogP contribution in [0.5, 0.6) is 0 Å². The van der Waals surface area contributed by atoms with Crippen molar-refractivity contribution < 1.29 is 0 Å². The van der Waals surface area contributed by atoms with E-state index < -0.39 is 0 Å². The Bertz CT molecular complexity index is 310. The van der Waals surface area contributed by atoms with Gasteiger partial charge in [0.2, 0.25) is 0 Å². The molecular weight excluding hydrogens is 186 g/mol. The predicted molar refractivity (Wildman–Crippen MR) is 65.0 cm³/mol. The number of rotatable bonds is 5. The van der Waals surface area contributed by atoms with Crippen molar-refractivity contribution in [2.24, 2.45) is 5.73 Å². The van der Waals surface area contributed by atoms with Crippen molar-refractivity contribution in [1.82, 2.24) is 4.98 Å². The van der Waals surface area contributed by atoms with Crippen LogP contribution < -0.4 is 10.6 Å². The van der Waals surface area contributed by atoms with Gasteiger partial charge in [-0.3, -0.25) is 4.98 Å². The molecule has 3 heteroatoms. The molecule has 0 fully saturated rings. The monoisotopic (exact) mass is 207 g/mol. The minimum absolute atomic E-state index is 0.555. The topological polar surface area (TPSA) is 42.2 Å². The van der Waals surface area contributed by atoms with Gasteiger partial charge in [-0.2, -0.15) is 0 Å². The molecule has 0 spiro atoms. The molecule has 0 atom stereocenters. The fraction of sp³-hybridized carbons (Fsp3) is 0.583. The van der Waals surface area contributed by atoms with E-state index in [1.54, 1.807) is 0 Å². The summed E-state index contributed by atoms with van der Waals surface area (Å²) in [5, 5.41) is 0. The summed E-state index contributed by atoms with van der Waals surface area (Å²) in [6.45, 7) is 5.85. The number of pyridine rings is 1. The molecule has 0 saturated carbocycles. The van der Waals surface area contributed by atoms with Crippen molar-refractivity contribution >= 4 is 5.69 Å². The van der Waals surface area contributed by atoms with Gasteiger partial charge in [0.15, 0.2) is 0 Å². The summed E-state index contributed by atoms with van der Waals surface area (Å²) in [5.41, 5.74) is 9.09. The predicted octanol–water partition coefficient (Wildman–Crippen LogP) is 2.09. The lowest BCUT2D eigenvalue weighted by molar-refractivity contribution is 0.762. The van der Waals surface area contributed by atoms with Crippen LogP contribution in [0.25, 0.3) is 0 Å². The maximum absolute atomic E-state index is 5.70. The van der Waals surface area contributed by atoms with Crippen LogP contribution in [0.3, 0.4) is 0 Å². The Morgan fingerprint density at radius 1 is 1.47 bits per heavy atom. The number of hydrogen-bond donors (Lipinski definition) is 1. The molecule has 1 heterocycles. The zero-order valence-electron chi connectivity index (χ0n) is 9.95. The normalized spacial score (nSPS) is 10.4. The minimum Gasteiger partial charge on any atom is -0.374 e. The molecule has 15 heavy (non-hydrogen) atoms. The van der Waals surface area contributed by atoms with E-state index in [2.05, 4.69) is 29.9 Å². The van der Waals surface area contributed by atoms with E-state index in [0.29, 0.717) is 6.54 Å². The van der Waals surface area contributed by atoms with Gasteiger partial charge < -0.3 is 10.6 Å². The lowest BCUT2D eigenvalue weighted by atomic mass is 10.2. The van der Waals surface area contributed by atoms with E-state index in [0.717, 1.165) is 17.8 Å². The van der Waals surface area contributed by atoms with E-state index in [1.807, 2.05) is 13.1 Å². The number of unbranched alkanes of at least 4 members (excludes halogenated alkanes) is 1. The largest absolute Gasteiger partial charge is 0.374 e. The summed E-state index contributed by atoms with van der Waals surface area (Å²) in [4.78, 5) is 6.53. The molecule has 0 unspecified atom stereocenters. The third kappa shape index (κ3) is 3.20. The summed E-state index contributed by atoms with van der Waals surface area (Å²) < 4.78 is 0. The van der Waals surface area contributed by atoms with Crippen LogP contribution in [0.15, 0.2) is 12.3 Å². The summed E-state index contributed by atoms with van der Waals surface area (Å²) in [6.07, 6.45) is 4.31. The van der Waals surface area contributed by atoms with Crippen LogP contribution in [0.1, 0.15) is 31.0 Å². The van der Waals surface area contributed by atoms with Crippen molar-refractivity contribution in [3.63, 3.8) is 0 Å². The van der Waals surface area contributed by atoms with Crippen LogP contribution in [0.2, 0.25) is 0 Å². The molecule has 0 amide bonds. The number of aromatic nitrogens is 1. The number of anilines is 1. The summed E-state index contributed by atoms with van der Waals surface area (Å²) in [7, 11) is 2.11. The van der Waals surface area contributed by atoms with Crippen molar-refractivity contribution in [3.05, 3.63) is 23.5 Å². The van der Waals surface area contributed by atoms with Crippen LogP contribution in [0.4, 0.5) is 5.69 Å². The maximum Gasteiger partial charge on any atom is 0.0442 e. The molecule has 0 saturated heterocycles. The van der Waals surface area contributed by atoms with Gasteiger partial charge in [0, 0.05) is 43.3 Å². The molecule has 0 aliphatic carbocycles. The Morgan fingerprint density at radius 2 is 2.20 bits per heavy atom. The second-order valence-electron chi connectivity index (χ2n) is 3.93. The average Bonchev–Trinajstić information content (AvgIpc) is 2.25. The molecule has 0 aromatic carbocycles. The zero-order valence-corrected chi connectivity index (χ0v) is 9.95. The van der Waals surface area contributed by atoms with Gasteiger partial charge in [-0.05, 0) is 19.4 Å².